The van der Waals surface area contributed by atoms with Crippen molar-refractivity contribution >= 4 is 34.8 Å². The van der Waals surface area contributed by atoms with E-state index in [1.54, 1.807) is 11.3 Å². The Bertz CT molecular complexity index is 692. The van der Waals surface area contributed by atoms with Crippen molar-refractivity contribution in [2.75, 3.05) is 5.32 Å². The molecule has 1 aliphatic heterocycles. The molecule has 0 saturated carbocycles. The average Bonchev–Trinajstić information content (AvgIpc) is 2.96. The number of thiazole rings is 1. The fourth-order valence-corrected chi connectivity index (χ4v) is 4.29. The normalized spacial score (nSPS) is 19.2. The first-order valence-corrected chi connectivity index (χ1v) is 8.71. The van der Waals surface area contributed by atoms with Crippen molar-refractivity contribution in [1.29, 1.82) is 0 Å². The molecule has 0 saturated heterocycles. The zero-order chi connectivity index (χ0) is 14.9. The highest BCUT2D eigenvalue weighted by molar-refractivity contribution is 7.15. The number of amides is 1. The second kappa shape index (κ2) is 6.99. The van der Waals surface area contributed by atoms with E-state index in [0.29, 0.717) is 0 Å². The van der Waals surface area contributed by atoms with Gasteiger partial charge in [0.2, 0.25) is 5.91 Å². The highest BCUT2D eigenvalue weighted by atomic mass is 35.5. The first kappa shape index (κ1) is 16.4. The summed E-state index contributed by atoms with van der Waals surface area (Å²) >= 11 is 1.64. The first-order chi connectivity index (χ1) is 10.8. The minimum atomic E-state index is -0.171. The summed E-state index contributed by atoms with van der Waals surface area (Å²) in [4.78, 5) is 18.4. The van der Waals surface area contributed by atoms with Gasteiger partial charge in [0, 0.05) is 11.4 Å². The number of fused-ring (bicyclic) bond motifs is 2. The molecule has 0 spiro atoms. The summed E-state index contributed by atoms with van der Waals surface area (Å²) < 4.78 is 0. The van der Waals surface area contributed by atoms with Crippen molar-refractivity contribution in [3.05, 3.63) is 46.0 Å². The second-order valence-corrected chi connectivity index (χ2v) is 7.08. The van der Waals surface area contributed by atoms with Crippen LogP contribution in [-0.4, -0.2) is 16.9 Å². The Balaban J connectivity index is 0.00000156. The lowest BCUT2D eigenvalue weighted by molar-refractivity contribution is -0.118. The summed E-state index contributed by atoms with van der Waals surface area (Å²) in [5.74, 6) is 0.0283. The number of benzene rings is 1. The Hall–Kier alpha value is -1.43. The van der Waals surface area contributed by atoms with Crippen LogP contribution in [0.5, 0.6) is 0 Å². The Morgan fingerprint density at radius 1 is 1.22 bits per heavy atom. The smallest absolute Gasteiger partial charge is 0.243 e. The average molecular weight is 350 g/mol. The molecule has 1 aliphatic carbocycles. The lowest BCUT2D eigenvalue weighted by atomic mass is 9.95. The van der Waals surface area contributed by atoms with Crippen LogP contribution in [0.2, 0.25) is 0 Å². The van der Waals surface area contributed by atoms with Crippen LogP contribution in [0.4, 0.5) is 5.13 Å². The van der Waals surface area contributed by atoms with Gasteiger partial charge < -0.3 is 10.6 Å². The molecule has 4 nitrogen and oxygen atoms in total. The van der Waals surface area contributed by atoms with Crippen LogP contribution < -0.4 is 10.6 Å². The summed E-state index contributed by atoms with van der Waals surface area (Å²) in [7, 11) is 0. The molecule has 1 unspecified atom stereocenters. The van der Waals surface area contributed by atoms with E-state index in [-0.39, 0.29) is 24.4 Å². The second-order valence-electron chi connectivity index (χ2n) is 5.99. The zero-order valence-corrected chi connectivity index (χ0v) is 14.4. The van der Waals surface area contributed by atoms with Gasteiger partial charge in [-0.3, -0.25) is 4.79 Å². The van der Waals surface area contributed by atoms with Crippen molar-refractivity contribution in [3.63, 3.8) is 0 Å². The molecule has 1 aromatic carbocycles. The molecule has 23 heavy (non-hydrogen) atoms. The van der Waals surface area contributed by atoms with E-state index >= 15 is 0 Å². The topological polar surface area (TPSA) is 54.0 Å². The van der Waals surface area contributed by atoms with E-state index in [1.165, 1.54) is 34.5 Å². The molecule has 0 fully saturated rings. The fourth-order valence-electron chi connectivity index (χ4n) is 3.24. The highest BCUT2D eigenvalue weighted by Crippen LogP contribution is 2.29. The molecule has 2 aromatic rings. The van der Waals surface area contributed by atoms with Gasteiger partial charge >= 0.3 is 0 Å². The van der Waals surface area contributed by atoms with Gasteiger partial charge in [0.15, 0.2) is 5.13 Å². The lowest BCUT2D eigenvalue weighted by Crippen LogP contribution is -2.44. The Morgan fingerprint density at radius 2 is 2.00 bits per heavy atom. The van der Waals surface area contributed by atoms with E-state index in [1.807, 2.05) is 12.1 Å². The molecule has 4 rings (SSSR count). The third-order valence-electron chi connectivity index (χ3n) is 4.47. The van der Waals surface area contributed by atoms with Crippen LogP contribution in [0, 0.1) is 0 Å². The van der Waals surface area contributed by atoms with Crippen LogP contribution in [0.25, 0.3) is 0 Å². The van der Waals surface area contributed by atoms with E-state index in [0.717, 1.165) is 30.9 Å². The molecule has 1 aromatic heterocycles. The van der Waals surface area contributed by atoms with Gasteiger partial charge in [0.05, 0.1) is 11.7 Å². The molecular weight excluding hydrogens is 330 g/mol. The Kier molecular flexibility index (Phi) is 4.99. The maximum atomic E-state index is 12.5. The minimum Gasteiger partial charge on any atom is -0.301 e. The molecule has 122 valence electrons. The van der Waals surface area contributed by atoms with Gasteiger partial charge in [-0.25, -0.2) is 4.98 Å². The third-order valence-corrected chi connectivity index (χ3v) is 5.55. The summed E-state index contributed by atoms with van der Waals surface area (Å²) in [6.07, 6.45) is 5.36. The highest BCUT2D eigenvalue weighted by Gasteiger charge is 2.25. The number of hydrogen-bond acceptors (Lipinski definition) is 4. The Labute approximate surface area is 146 Å². The van der Waals surface area contributed by atoms with E-state index in [9.17, 15) is 4.79 Å². The van der Waals surface area contributed by atoms with Crippen LogP contribution in [0.1, 0.15) is 34.5 Å². The number of hydrogen-bond donors (Lipinski definition) is 2. The number of rotatable bonds is 2. The number of aromatic nitrogens is 1. The third kappa shape index (κ3) is 3.42. The van der Waals surface area contributed by atoms with E-state index < -0.39 is 0 Å². The number of carbonyl (C=O) groups is 1. The largest absolute Gasteiger partial charge is 0.301 e. The predicted molar refractivity (Wildman–Crippen MR) is 95.4 cm³/mol. The quantitative estimate of drug-likeness (QED) is 0.876. The van der Waals surface area contributed by atoms with Gasteiger partial charge in [-0.05, 0) is 43.2 Å². The fraction of sp³-hybridized carbons (Fsp3) is 0.412. The maximum Gasteiger partial charge on any atom is 0.243 e. The number of carbonyl (C=O) groups excluding carboxylic acids is 1. The molecular formula is C17H20ClN3OS. The molecule has 6 heteroatoms. The summed E-state index contributed by atoms with van der Waals surface area (Å²) in [5.41, 5.74) is 3.74. The summed E-state index contributed by atoms with van der Waals surface area (Å²) in [6, 6.07) is 8.13. The van der Waals surface area contributed by atoms with Gasteiger partial charge in [0.1, 0.15) is 0 Å². The van der Waals surface area contributed by atoms with E-state index in [2.05, 4.69) is 27.8 Å². The standard InChI is InChI=1S/C17H19N3OS.ClH/c21-16(14-9-11-5-1-2-6-12(11)10-18-14)20-17-19-13-7-3-4-8-15(13)22-17;/h1-2,5-6,14,18H,3-4,7-10H2,(H,19,20,21);1H. The molecule has 2 aliphatic rings. The van der Waals surface area contributed by atoms with Crippen molar-refractivity contribution in [1.82, 2.24) is 10.3 Å². The lowest BCUT2D eigenvalue weighted by Gasteiger charge is -2.24. The van der Waals surface area contributed by atoms with Crippen molar-refractivity contribution in [3.8, 4) is 0 Å². The minimum absolute atomic E-state index is 0. The van der Waals surface area contributed by atoms with Crippen molar-refractivity contribution < 1.29 is 4.79 Å². The zero-order valence-electron chi connectivity index (χ0n) is 12.8. The maximum absolute atomic E-state index is 12.5. The van der Waals surface area contributed by atoms with Gasteiger partial charge in [-0.15, -0.1) is 23.7 Å². The molecule has 2 heterocycles. The number of aryl methyl sites for hydroxylation is 2. The molecule has 1 amide bonds. The van der Waals surface area contributed by atoms with Crippen LogP contribution in [0.3, 0.4) is 0 Å². The molecule has 2 N–H and O–H groups in total. The SMILES string of the molecule is Cl.O=C(Nc1nc2c(s1)CCCC2)C1Cc2ccccc2CN1. The van der Waals surface area contributed by atoms with Gasteiger partial charge in [0.25, 0.3) is 0 Å². The van der Waals surface area contributed by atoms with Gasteiger partial charge in [-0.2, -0.15) is 0 Å². The first-order valence-electron chi connectivity index (χ1n) is 7.89. The molecule has 0 radical (unpaired) electrons. The van der Waals surface area contributed by atoms with E-state index in [4.69, 9.17) is 0 Å². The number of nitrogens with one attached hydrogen (secondary N) is 2. The Morgan fingerprint density at radius 3 is 2.83 bits per heavy atom. The number of nitrogens with zero attached hydrogens (tertiary/aromatic N) is 1. The van der Waals surface area contributed by atoms with Crippen molar-refractivity contribution in [2.45, 2.75) is 44.7 Å². The van der Waals surface area contributed by atoms with Crippen LogP contribution in [-0.2, 0) is 30.6 Å². The number of anilines is 1. The summed E-state index contributed by atoms with van der Waals surface area (Å²) in [6.45, 7) is 0.753. The van der Waals surface area contributed by atoms with Crippen molar-refractivity contribution in [2.24, 2.45) is 0 Å². The van der Waals surface area contributed by atoms with Crippen LogP contribution in [0.15, 0.2) is 24.3 Å². The monoisotopic (exact) mass is 349 g/mol. The predicted octanol–water partition coefficient (Wildman–Crippen LogP) is 3.10. The van der Waals surface area contributed by atoms with Gasteiger partial charge in [-0.1, -0.05) is 24.3 Å². The molecule has 0 bridgehead atoms. The number of halogens is 1. The molecule has 1 atom stereocenters. The van der Waals surface area contributed by atoms with Crippen LogP contribution >= 0.6 is 23.7 Å². The summed E-state index contributed by atoms with van der Waals surface area (Å²) in [5, 5.41) is 7.09.